The molecule has 0 saturated heterocycles. The summed E-state index contributed by atoms with van der Waals surface area (Å²) >= 11 is 2.77. The van der Waals surface area contributed by atoms with E-state index in [9.17, 15) is 35.5 Å². The topological polar surface area (TPSA) is 32.4 Å². The Balaban J connectivity index is 1.50. The van der Waals surface area contributed by atoms with Gasteiger partial charge in [-0.05, 0) is 62.6 Å². The van der Waals surface area contributed by atoms with Crippen molar-refractivity contribution < 1.29 is 35.3 Å². The SMILES string of the molecule is CCN1C(=CC=c2sc(=Cc3sc4c5ccccc5ccc4[n+]3CC)n(CC)c2=O)N(CC(F)(F)C(F)F)c2cc(C(F)(F)F)ccc21. The van der Waals surface area contributed by atoms with Crippen molar-refractivity contribution in [2.24, 2.45) is 0 Å². The molecule has 0 aliphatic carbocycles. The van der Waals surface area contributed by atoms with Gasteiger partial charge in [0, 0.05) is 24.5 Å². The fourth-order valence-electron chi connectivity index (χ4n) is 5.97. The first-order valence-electron chi connectivity index (χ1n) is 15.2. The van der Waals surface area contributed by atoms with Gasteiger partial charge in [0.25, 0.3) is 10.6 Å². The first kappa shape index (κ1) is 33.7. The van der Waals surface area contributed by atoms with Crippen LogP contribution in [-0.2, 0) is 19.3 Å². The molecule has 0 N–H and O–H groups in total. The van der Waals surface area contributed by atoms with Gasteiger partial charge >= 0.3 is 18.5 Å². The number of anilines is 2. The first-order valence-corrected chi connectivity index (χ1v) is 16.8. The fourth-order valence-corrected chi connectivity index (χ4v) is 8.39. The number of rotatable bonds is 8. The molecule has 14 heteroatoms. The van der Waals surface area contributed by atoms with E-state index in [0.717, 1.165) is 43.0 Å². The number of allylic oxidation sites excluding steroid dienone is 1. The van der Waals surface area contributed by atoms with E-state index in [0.29, 0.717) is 23.8 Å². The van der Waals surface area contributed by atoms with Gasteiger partial charge in [-0.1, -0.05) is 35.6 Å². The van der Waals surface area contributed by atoms with Crippen molar-refractivity contribution in [3.05, 3.63) is 96.6 Å². The standard InChI is InChI=1S/C34H30F7N4OS2/c1-4-42-23-14-12-21(34(39,40)41)17-25(23)45(19-33(37,38)32(35)36)27(42)16-15-26-31(46)44(6-3)29(47-26)18-28-43(5-2)24-13-11-20-9-7-8-10-22(20)30(24)48-28/h7-18,32H,4-6,19H2,1-3H3/q+1. The third-order valence-electron chi connectivity index (χ3n) is 8.26. The summed E-state index contributed by atoms with van der Waals surface area (Å²) in [6.45, 7) is 5.10. The molecule has 0 spiro atoms. The number of alkyl halides is 7. The van der Waals surface area contributed by atoms with Crippen LogP contribution in [0.15, 0.2) is 71.3 Å². The molecule has 1 aliphatic heterocycles. The molecule has 3 aromatic carbocycles. The number of fused-ring (bicyclic) bond motifs is 4. The largest absolute Gasteiger partial charge is 0.416 e. The van der Waals surface area contributed by atoms with Crippen LogP contribution in [0.25, 0.3) is 33.1 Å². The van der Waals surface area contributed by atoms with Gasteiger partial charge < -0.3 is 9.80 Å². The molecule has 5 aromatic rings. The van der Waals surface area contributed by atoms with Crippen LogP contribution < -0.4 is 29.1 Å². The Kier molecular flexibility index (Phi) is 8.92. The molecule has 1 aliphatic rings. The van der Waals surface area contributed by atoms with Crippen molar-refractivity contribution >= 4 is 67.2 Å². The van der Waals surface area contributed by atoms with Crippen LogP contribution in [0, 0.1) is 0 Å². The number of hydrogen-bond donors (Lipinski definition) is 0. The number of nitrogens with zero attached hydrogens (tertiary/aromatic N) is 4. The second-order valence-electron chi connectivity index (χ2n) is 11.1. The molecule has 3 heterocycles. The molecule has 2 aromatic heterocycles. The van der Waals surface area contributed by atoms with Gasteiger partial charge in [0.15, 0.2) is 0 Å². The third-order valence-corrected chi connectivity index (χ3v) is 10.5. The summed E-state index contributed by atoms with van der Waals surface area (Å²) < 4.78 is 102. The van der Waals surface area contributed by atoms with E-state index >= 15 is 0 Å². The number of aryl methyl sites for hydroxylation is 1. The minimum absolute atomic E-state index is 0.0475. The van der Waals surface area contributed by atoms with Gasteiger partial charge in [0.05, 0.1) is 34.1 Å². The second kappa shape index (κ2) is 12.7. The number of benzene rings is 3. The highest BCUT2D eigenvalue weighted by Gasteiger charge is 2.46. The van der Waals surface area contributed by atoms with Crippen molar-refractivity contribution in [1.29, 1.82) is 0 Å². The monoisotopic (exact) mass is 707 g/mol. The molecule has 0 radical (unpaired) electrons. The summed E-state index contributed by atoms with van der Waals surface area (Å²) in [5.41, 5.74) is -0.513. The Labute approximate surface area is 278 Å². The minimum atomic E-state index is -4.78. The lowest BCUT2D eigenvalue weighted by atomic mass is 10.1. The van der Waals surface area contributed by atoms with Crippen molar-refractivity contribution in [1.82, 2.24) is 4.57 Å². The molecule has 6 rings (SSSR count). The Morgan fingerprint density at radius 2 is 1.62 bits per heavy atom. The molecule has 0 unspecified atom stereocenters. The van der Waals surface area contributed by atoms with Crippen LogP contribution in [0.3, 0.4) is 0 Å². The Morgan fingerprint density at radius 1 is 0.875 bits per heavy atom. The van der Waals surface area contributed by atoms with E-state index in [1.54, 1.807) is 22.8 Å². The lowest BCUT2D eigenvalue weighted by Gasteiger charge is -2.28. The lowest BCUT2D eigenvalue weighted by Crippen LogP contribution is -2.42. The van der Waals surface area contributed by atoms with Gasteiger partial charge in [-0.25, -0.2) is 8.78 Å². The average Bonchev–Trinajstić information content (AvgIpc) is 3.66. The van der Waals surface area contributed by atoms with Crippen molar-refractivity contribution in [3.8, 4) is 0 Å². The minimum Gasteiger partial charge on any atom is -0.326 e. The molecular weight excluding hydrogens is 678 g/mol. The molecule has 0 saturated carbocycles. The lowest BCUT2D eigenvalue weighted by molar-refractivity contribution is -0.665. The molecule has 0 bridgehead atoms. The molecule has 5 nitrogen and oxygen atoms in total. The first-order chi connectivity index (χ1) is 22.8. The van der Waals surface area contributed by atoms with Crippen LogP contribution in [0.2, 0.25) is 0 Å². The third kappa shape index (κ3) is 5.89. The fraction of sp³-hybridized carbons (Fsp3) is 0.294. The summed E-state index contributed by atoms with van der Waals surface area (Å²) in [6.07, 6.45) is -4.16. The highest BCUT2D eigenvalue weighted by atomic mass is 32.1. The predicted molar refractivity (Wildman–Crippen MR) is 178 cm³/mol. The maximum atomic E-state index is 14.5. The van der Waals surface area contributed by atoms with Crippen molar-refractivity contribution in [3.63, 3.8) is 0 Å². The molecule has 48 heavy (non-hydrogen) atoms. The molecule has 0 amide bonds. The van der Waals surface area contributed by atoms with Crippen LogP contribution >= 0.6 is 22.7 Å². The number of hydrogen-bond acceptors (Lipinski definition) is 5. The summed E-state index contributed by atoms with van der Waals surface area (Å²) in [4.78, 5) is 15.8. The van der Waals surface area contributed by atoms with Crippen LogP contribution in [0.4, 0.5) is 42.1 Å². The van der Waals surface area contributed by atoms with Crippen LogP contribution in [0.1, 0.15) is 31.3 Å². The zero-order chi connectivity index (χ0) is 34.5. The van der Waals surface area contributed by atoms with Gasteiger partial charge in [-0.15, -0.1) is 11.3 Å². The van der Waals surface area contributed by atoms with Gasteiger partial charge in [-0.2, -0.15) is 26.5 Å². The van der Waals surface area contributed by atoms with E-state index in [2.05, 4.69) is 22.8 Å². The van der Waals surface area contributed by atoms with Gasteiger partial charge in [-0.3, -0.25) is 9.36 Å². The Morgan fingerprint density at radius 3 is 2.29 bits per heavy atom. The maximum absolute atomic E-state index is 14.5. The van der Waals surface area contributed by atoms with E-state index < -0.39 is 30.6 Å². The highest BCUT2D eigenvalue weighted by Crippen LogP contribution is 2.46. The summed E-state index contributed by atoms with van der Waals surface area (Å²) in [7, 11) is 0. The summed E-state index contributed by atoms with van der Waals surface area (Å²) in [5, 5.41) is 3.14. The van der Waals surface area contributed by atoms with E-state index in [4.69, 9.17) is 0 Å². The quantitative estimate of drug-likeness (QED) is 0.125. The summed E-state index contributed by atoms with van der Waals surface area (Å²) in [5.74, 6) is -4.58. The smallest absolute Gasteiger partial charge is 0.326 e. The zero-order valence-electron chi connectivity index (χ0n) is 26.0. The molecule has 0 atom stereocenters. The van der Waals surface area contributed by atoms with Gasteiger partial charge in [0.2, 0.25) is 5.52 Å². The molecule has 252 valence electrons. The Hall–Kier alpha value is -4.17. The number of thiazole rings is 2. The second-order valence-corrected chi connectivity index (χ2v) is 13.2. The number of aromatic nitrogens is 2. The van der Waals surface area contributed by atoms with E-state index in [1.807, 2.05) is 38.1 Å². The van der Waals surface area contributed by atoms with Crippen molar-refractivity contribution in [2.75, 3.05) is 22.9 Å². The normalized spacial score (nSPS) is 15.7. The number of halogens is 7. The molecule has 0 fully saturated rings. The van der Waals surface area contributed by atoms with Gasteiger partial charge in [0.1, 0.15) is 21.7 Å². The van der Waals surface area contributed by atoms with Crippen LogP contribution in [-0.4, -0.2) is 30.0 Å². The predicted octanol–water partition coefficient (Wildman–Crippen LogP) is 7.32. The summed E-state index contributed by atoms with van der Waals surface area (Å²) in [6, 6.07) is 14.9. The average molecular weight is 708 g/mol. The molecular formula is C34H30F7N4OS2+. The highest BCUT2D eigenvalue weighted by molar-refractivity contribution is 7.20. The maximum Gasteiger partial charge on any atom is 0.416 e. The van der Waals surface area contributed by atoms with Crippen molar-refractivity contribution in [2.45, 2.75) is 52.4 Å². The van der Waals surface area contributed by atoms with Crippen LogP contribution in [0.5, 0.6) is 0 Å². The van der Waals surface area contributed by atoms with E-state index in [-0.39, 0.29) is 33.8 Å². The zero-order valence-corrected chi connectivity index (χ0v) is 27.6. The van der Waals surface area contributed by atoms with E-state index in [1.165, 1.54) is 28.4 Å². The Bertz CT molecular complexity index is 2230.